The summed E-state index contributed by atoms with van der Waals surface area (Å²) in [4.78, 5) is 13.2. The molecular formula is C19H24N2O2S2. The number of anilines is 1. The Bertz CT molecular complexity index is 727. The van der Waals surface area contributed by atoms with Gasteiger partial charge in [-0.15, -0.1) is 11.3 Å². The van der Waals surface area contributed by atoms with Gasteiger partial charge in [-0.3, -0.25) is 0 Å². The Morgan fingerprint density at radius 2 is 2.00 bits per heavy atom. The van der Waals surface area contributed by atoms with Gasteiger partial charge >= 0.3 is 5.97 Å². The Morgan fingerprint density at radius 1 is 1.28 bits per heavy atom. The Kier molecular flexibility index (Phi) is 7.40. The molecule has 0 radical (unpaired) electrons. The fraction of sp³-hybridized carbons (Fsp3) is 0.368. The van der Waals surface area contributed by atoms with Crippen molar-refractivity contribution in [3.8, 4) is 0 Å². The molecule has 0 aliphatic heterocycles. The number of carbonyl (C=O) groups excluding carboxylic acids is 1. The summed E-state index contributed by atoms with van der Waals surface area (Å²) in [6.45, 7) is 4.82. The summed E-state index contributed by atoms with van der Waals surface area (Å²) in [6.07, 6.45) is 2.77. The monoisotopic (exact) mass is 376 g/mol. The topological polar surface area (TPSA) is 50.4 Å². The van der Waals surface area contributed by atoms with E-state index in [4.69, 9.17) is 17.0 Å². The van der Waals surface area contributed by atoms with Gasteiger partial charge in [0.25, 0.3) is 0 Å². The zero-order valence-corrected chi connectivity index (χ0v) is 16.5. The highest BCUT2D eigenvalue weighted by Gasteiger charge is 2.22. The molecule has 25 heavy (non-hydrogen) atoms. The van der Waals surface area contributed by atoms with Crippen molar-refractivity contribution in [3.05, 3.63) is 51.9 Å². The van der Waals surface area contributed by atoms with E-state index in [1.165, 1.54) is 24.0 Å². The average molecular weight is 377 g/mol. The molecule has 0 bridgehead atoms. The number of benzene rings is 1. The van der Waals surface area contributed by atoms with Crippen LogP contribution in [0.5, 0.6) is 0 Å². The summed E-state index contributed by atoms with van der Waals surface area (Å²) in [5.74, 6) is -0.324. The molecule has 1 aromatic heterocycles. The number of carbonyl (C=O) groups is 1. The molecule has 1 heterocycles. The van der Waals surface area contributed by atoms with E-state index in [1.807, 2.05) is 32.0 Å². The fourth-order valence-corrected chi connectivity index (χ4v) is 4.10. The second kappa shape index (κ2) is 9.53. The highest BCUT2D eigenvalue weighted by molar-refractivity contribution is 7.80. The summed E-state index contributed by atoms with van der Waals surface area (Å²) in [6, 6.07) is 10.4. The molecule has 0 aliphatic carbocycles. The molecule has 0 atom stereocenters. The molecule has 0 aliphatic rings. The maximum atomic E-state index is 12.1. The average Bonchev–Trinajstić information content (AvgIpc) is 2.93. The number of methoxy groups -OCH3 is 1. The Hall–Kier alpha value is -1.92. The number of nitrogens with one attached hydrogen (secondary N) is 2. The molecule has 0 unspecified atom stereocenters. The van der Waals surface area contributed by atoms with Crippen molar-refractivity contribution < 1.29 is 9.53 Å². The van der Waals surface area contributed by atoms with Crippen molar-refractivity contribution in [2.24, 2.45) is 0 Å². The van der Waals surface area contributed by atoms with Crippen molar-refractivity contribution in [3.63, 3.8) is 0 Å². The van der Waals surface area contributed by atoms with Gasteiger partial charge in [0.15, 0.2) is 5.11 Å². The van der Waals surface area contributed by atoms with Crippen LogP contribution in [-0.4, -0.2) is 24.7 Å². The predicted molar refractivity (Wildman–Crippen MR) is 109 cm³/mol. The van der Waals surface area contributed by atoms with Crippen LogP contribution in [0.4, 0.5) is 5.00 Å². The first kappa shape index (κ1) is 19.4. The number of hydrogen-bond donors (Lipinski definition) is 2. The largest absolute Gasteiger partial charge is 0.465 e. The molecule has 134 valence electrons. The lowest BCUT2D eigenvalue weighted by molar-refractivity contribution is 0.0601. The van der Waals surface area contributed by atoms with Crippen LogP contribution >= 0.6 is 23.6 Å². The minimum Gasteiger partial charge on any atom is -0.465 e. The Labute approximate surface area is 158 Å². The van der Waals surface area contributed by atoms with Crippen LogP contribution in [-0.2, 0) is 17.6 Å². The summed E-state index contributed by atoms with van der Waals surface area (Å²) in [5, 5.41) is 7.65. The van der Waals surface area contributed by atoms with Gasteiger partial charge in [-0.25, -0.2) is 4.79 Å². The van der Waals surface area contributed by atoms with Crippen LogP contribution in [0.15, 0.2) is 30.3 Å². The lowest BCUT2D eigenvalue weighted by Crippen LogP contribution is -2.29. The summed E-state index contributed by atoms with van der Waals surface area (Å²) >= 11 is 6.90. The second-order valence-corrected chi connectivity index (χ2v) is 7.29. The number of esters is 1. The van der Waals surface area contributed by atoms with E-state index in [1.54, 1.807) is 0 Å². The third kappa shape index (κ3) is 5.28. The van der Waals surface area contributed by atoms with E-state index in [0.29, 0.717) is 10.7 Å². The minimum absolute atomic E-state index is 0.324. The molecule has 0 saturated carbocycles. The fourth-order valence-electron chi connectivity index (χ4n) is 2.70. The second-order valence-electron chi connectivity index (χ2n) is 5.66. The van der Waals surface area contributed by atoms with Crippen LogP contribution < -0.4 is 10.6 Å². The van der Waals surface area contributed by atoms with Crippen LogP contribution in [0, 0.1) is 6.92 Å². The molecular weight excluding hydrogens is 352 g/mol. The summed E-state index contributed by atoms with van der Waals surface area (Å²) < 4.78 is 4.93. The lowest BCUT2D eigenvalue weighted by Gasteiger charge is -2.11. The highest BCUT2D eigenvalue weighted by Crippen LogP contribution is 2.33. The molecule has 6 heteroatoms. The van der Waals surface area contributed by atoms with Gasteiger partial charge in [-0.2, -0.15) is 0 Å². The third-order valence-electron chi connectivity index (χ3n) is 3.95. The predicted octanol–water partition coefficient (Wildman–Crippen LogP) is 4.32. The Morgan fingerprint density at radius 3 is 2.64 bits per heavy atom. The van der Waals surface area contributed by atoms with Crippen LogP contribution in [0.2, 0.25) is 0 Å². The first-order valence-electron chi connectivity index (χ1n) is 8.36. The van der Waals surface area contributed by atoms with E-state index in [0.717, 1.165) is 41.2 Å². The van der Waals surface area contributed by atoms with Gasteiger partial charge in [0, 0.05) is 11.4 Å². The molecule has 2 rings (SSSR count). The summed E-state index contributed by atoms with van der Waals surface area (Å²) in [5.41, 5.74) is 2.93. The number of rotatable bonds is 7. The number of aryl methyl sites for hydroxylation is 2. The normalized spacial score (nSPS) is 10.4. The number of hydrogen-bond acceptors (Lipinski definition) is 4. The summed E-state index contributed by atoms with van der Waals surface area (Å²) in [7, 11) is 1.40. The molecule has 0 amide bonds. The van der Waals surface area contributed by atoms with Gasteiger partial charge in [-0.05, 0) is 49.5 Å². The first-order chi connectivity index (χ1) is 12.1. The van der Waals surface area contributed by atoms with Gasteiger partial charge in [0.1, 0.15) is 5.00 Å². The number of thiocarbonyl (C=S) groups is 1. The Balaban J connectivity index is 1.91. The number of ether oxygens (including phenoxy) is 1. The van der Waals surface area contributed by atoms with E-state index in [-0.39, 0.29) is 5.97 Å². The van der Waals surface area contributed by atoms with Crippen molar-refractivity contribution in [2.45, 2.75) is 33.1 Å². The maximum absolute atomic E-state index is 12.1. The lowest BCUT2D eigenvalue weighted by atomic mass is 10.1. The molecule has 4 nitrogen and oxygen atoms in total. The van der Waals surface area contributed by atoms with Gasteiger partial charge in [-0.1, -0.05) is 37.3 Å². The highest BCUT2D eigenvalue weighted by atomic mass is 32.1. The van der Waals surface area contributed by atoms with Crippen molar-refractivity contribution in [1.82, 2.24) is 5.32 Å². The first-order valence-corrected chi connectivity index (χ1v) is 9.58. The van der Waals surface area contributed by atoms with Gasteiger partial charge in [0.2, 0.25) is 0 Å². The van der Waals surface area contributed by atoms with Crippen LogP contribution in [0.25, 0.3) is 0 Å². The van der Waals surface area contributed by atoms with E-state index >= 15 is 0 Å². The zero-order valence-electron chi connectivity index (χ0n) is 14.8. The van der Waals surface area contributed by atoms with Crippen LogP contribution in [0.3, 0.4) is 0 Å². The number of thiophene rings is 1. The van der Waals surface area contributed by atoms with Crippen molar-refractivity contribution >= 4 is 39.6 Å². The molecule has 2 N–H and O–H groups in total. The third-order valence-corrected chi connectivity index (χ3v) is 5.26. The van der Waals surface area contributed by atoms with E-state index in [2.05, 4.69) is 22.8 Å². The van der Waals surface area contributed by atoms with E-state index in [9.17, 15) is 4.79 Å². The molecule has 0 spiro atoms. The van der Waals surface area contributed by atoms with Crippen molar-refractivity contribution in [1.29, 1.82) is 0 Å². The molecule has 0 saturated heterocycles. The van der Waals surface area contributed by atoms with Crippen molar-refractivity contribution in [2.75, 3.05) is 19.0 Å². The zero-order chi connectivity index (χ0) is 18.2. The quantitative estimate of drug-likeness (QED) is 0.428. The smallest absolute Gasteiger partial charge is 0.341 e. The maximum Gasteiger partial charge on any atom is 0.341 e. The SMILES string of the molecule is CCc1c(C)sc(NC(=S)NCCCc2ccccc2)c1C(=O)OC. The standard InChI is InChI=1S/C19H24N2O2S2/c1-4-15-13(2)25-17(16(15)18(22)23-3)21-19(24)20-12-8-11-14-9-6-5-7-10-14/h5-7,9-10H,4,8,11-12H2,1-3H3,(H2,20,21,24). The molecule has 2 aromatic rings. The van der Waals surface area contributed by atoms with E-state index < -0.39 is 0 Å². The van der Waals surface area contributed by atoms with Gasteiger partial charge < -0.3 is 15.4 Å². The molecule has 1 aromatic carbocycles. The minimum atomic E-state index is -0.324. The van der Waals surface area contributed by atoms with Crippen LogP contribution in [0.1, 0.15) is 39.7 Å². The molecule has 0 fully saturated rings. The van der Waals surface area contributed by atoms with Gasteiger partial charge in [0.05, 0.1) is 12.7 Å².